The molecule has 0 bridgehead atoms. The highest BCUT2D eigenvalue weighted by Crippen LogP contribution is 2.33. The normalized spacial score (nSPS) is 21.8. The van der Waals surface area contributed by atoms with Crippen LogP contribution in [0.2, 0.25) is 0 Å². The van der Waals surface area contributed by atoms with Crippen LogP contribution in [0.4, 0.5) is 0 Å². The predicted molar refractivity (Wildman–Crippen MR) is 69.0 cm³/mol. The molecule has 2 aliphatic rings. The molecule has 3 rings (SSSR count). The van der Waals surface area contributed by atoms with E-state index in [1.54, 1.807) is 17.3 Å². The first-order chi connectivity index (χ1) is 9.20. The Kier molecular flexibility index (Phi) is 2.97. The van der Waals surface area contributed by atoms with Crippen LogP contribution in [0.1, 0.15) is 31.2 Å². The molecule has 1 N–H and O–H groups in total. The quantitative estimate of drug-likeness (QED) is 0.856. The molecular weight excluding hydrogens is 242 g/mol. The lowest BCUT2D eigenvalue weighted by atomic mass is 9.93. The SMILES string of the molecule is O=C1CN(Cc2cccnc2)C(=O)C2(CCCC2)N1. The summed E-state index contributed by atoms with van der Waals surface area (Å²) in [5, 5.41) is 2.91. The third-order valence-electron chi connectivity index (χ3n) is 3.96. The highest BCUT2D eigenvalue weighted by Gasteiger charge is 2.48. The van der Waals surface area contributed by atoms with E-state index in [1.165, 1.54) is 0 Å². The van der Waals surface area contributed by atoms with E-state index in [1.807, 2.05) is 12.1 Å². The van der Waals surface area contributed by atoms with Crippen LogP contribution in [0.3, 0.4) is 0 Å². The van der Waals surface area contributed by atoms with Gasteiger partial charge in [0.1, 0.15) is 5.54 Å². The van der Waals surface area contributed by atoms with Gasteiger partial charge in [-0.1, -0.05) is 18.9 Å². The Morgan fingerprint density at radius 3 is 2.79 bits per heavy atom. The fourth-order valence-corrected chi connectivity index (χ4v) is 3.06. The first-order valence-corrected chi connectivity index (χ1v) is 6.69. The molecule has 19 heavy (non-hydrogen) atoms. The second-order valence-corrected chi connectivity index (χ2v) is 5.36. The molecule has 1 aromatic rings. The van der Waals surface area contributed by atoms with Crippen LogP contribution in [0.5, 0.6) is 0 Å². The van der Waals surface area contributed by atoms with E-state index in [0.717, 1.165) is 31.2 Å². The lowest BCUT2D eigenvalue weighted by Crippen LogP contribution is -2.65. The molecule has 5 nitrogen and oxygen atoms in total. The van der Waals surface area contributed by atoms with E-state index in [0.29, 0.717) is 6.54 Å². The van der Waals surface area contributed by atoms with Crippen LogP contribution in [0.25, 0.3) is 0 Å². The van der Waals surface area contributed by atoms with Crippen molar-refractivity contribution in [1.29, 1.82) is 0 Å². The van der Waals surface area contributed by atoms with Gasteiger partial charge in [0.15, 0.2) is 0 Å². The molecule has 0 aromatic carbocycles. The van der Waals surface area contributed by atoms with Crippen LogP contribution in [0.15, 0.2) is 24.5 Å². The Hall–Kier alpha value is -1.91. The highest BCUT2D eigenvalue weighted by atomic mass is 16.2. The summed E-state index contributed by atoms with van der Waals surface area (Å²) in [7, 11) is 0. The molecule has 1 saturated carbocycles. The maximum absolute atomic E-state index is 12.6. The number of hydrogen-bond donors (Lipinski definition) is 1. The van der Waals surface area contributed by atoms with Crippen molar-refractivity contribution in [3.63, 3.8) is 0 Å². The zero-order valence-corrected chi connectivity index (χ0v) is 10.8. The smallest absolute Gasteiger partial charge is 0.249 e. The summed E-state index contributed by atoms with van der Waals surface area (Å²) in [4.78, 5) is 30.1. The molecule has 1 aliphatic heterocycles. The molecule has 0 atom stereocenters. The molecule has 1 saturated heterocycles. The van der Waals surface area contributed by atoms with Crippen molar-refractivity contribution in [3.05, 3.63) is 30.1 Å². The summed E-state index contributed by atoms with van der Waals surface area (Å²) in [5.74, 6) is 0.0128. The van der Waals surface area contributed by atoms with Crippen molar-refractivity contribution >= 4 is 11.8 Å². The van der Waals surface area contributed by atoms with Gasteiger partial charge in [-0.15, -0.1) is 0 Å². The molecule has 0 radical (unpaired) electrons. The molecule has 2 fully saturated rings. The van der Waals surface area contributed by atoms with Gasteiger partial charge in [-0.3, -0.25) is 14.6 Å². The summed E-state index contributed by atoms with van der Waals surface area (Å²) in [6.07, 6.45) is 6.98. The number of carbonyl (C=O) groups excluding carboxylic acids is 2. The number of rotatable bonds is 2. The van der Waals surface area contributed by atoms with Crippen LogP contribution in [-0.4, -0.2) is 33.8 Å². The van der Waals surface area contributed by atoms with E-state index in [9.17, 15) is 9.59 Å². The number of carbonyl (C=O) groups is 2. The molecule has 5 heteroatoms. The summed E-state index contributed by atoms with van der Waals surface area (Å²) in [5.41, 5.74) is 0.330. The van der Waals surface area contributed by atoms with Gasteiger partial charge in [-0.25, -0.2) is 0 Å². The topological polar surface area (TPSA) is 62.3 Å². The average molecular weight is 259 g/mol. The van der Waals surface area contributed by atoms with Gasteiger partial charge in [0.2, 0.25) is 11.8 Å². The molecule has 1 aliphatic carbocycles. The average Bonchev–Trinajstić information content (AvgIpc) is 2.86. The molecule has 2 amide bonds. The van der Waals surface area contributed by atoms with Crippen molar-refractivity contribution in [2.24, 2.45) is 0 Å². The van der Waals surface area contributed by atoms with E-state index < -0.39 is 5.54 Å². The fourth-order valence-electron chi connectivity index (χ4n) is 3.06. The zero-order chi connectivity index (χ0) is 13.3. The van der Waals surface area contributed by atoms with Gasteiger partial charge in [-0.2, -0.15) is 0 Å². The van der Waals surface area contributed by atoms with Gasteiger partial charge in [0, 0.05) is 18.9 Å². The van der Waals surface area contributed by atoms with E-state index in [4.69, 9.17) is 0 Å². The van der Waals surface area contributed by atoms with E-state index >= 15 is 0 Å². The Morgan fingerprint density at radius 1 is 1.32 bits per heavy atom. The fraction of sp³-hybridized carbons (Fsp3) is 0.500. The minimum Gasteiger partial charge on any atom is -0.340 e. The molecule has 1 aromatic heterocycles. The minimum atomic E-state index is -0.627. The van der Waals surface area contributed by atoms with Crippen molar-refractivity contribution in [2.45, 2.75) is 37.8 Å². The number of piperazine rings is 1. The number of nitrogens with zero attached hydrogens (tertiary/aromatic N) is 2. The maximum atomic E-state index is 12.6. The van der Waals surface area contributed by atoms with E-state index in [-0.39, 0.29) is 18.4 Å². The molecule has 2 heterocycles. The van der Waals surface area contributed by atoms with Crippen LogP contribution in [-0.2, 0) is 16.1 Å². The molecule has 100 valence electrons. The molecule has 0 unspecified atom stereocenters. The van der Waals surface area contributed by atoms with Gasteiger partial charge in [0.25, 0.3) is 0 Å². The summed E-state index contributed by atoms with van der Waals surface area (Å²) < 4.78 is 0. The van der Waals surface area contributed by atoms with Gasteiger partial charge < -0.3 is 10.2 Å². The Morgan fingerprint density at radius 2 is 2.11 bits per heavy atom. The largest absolute Gasteiger partial charge is 0.340 e. The Balaban J connectivity index is 1.81. The number of amides is 2. The Bertz CT molecular complexity index is 495. The maximum Gasteiger partial charge on any atom is 0.249 e. The van der Waals surface area contributed by atoms with Crippen LogP contribution < -0.4 is 5.32 Å². The highest BCUT2D eigenvalue weighted by molar-refractivity contribution is 5.98. The van der Waals surface area contributed by atoms with Gasteiger partial charge in [-0.05, 0) is 24.5 Å². The minimum absolute atomic E-state index is 0.0506. The first-order valence-electron chi connectivity index (χ1n) is 6.69. The van der Waals surface area contributed by atoms with Crippen molar-refractivity contribution in [1.82, 2.24) is 15.2 Å². The summed E-state index contributed by atoms with van der Waals surface area (Å²) >= 11 is 0. The van der Waals surface area contributed by atoms with Crippen LogP contribution >= 0.6 is 0 Å². The lowest BCUT2D eigenvalue weighted by molar-refractivity contribution is -0.150. The Labute approximate surface area is 112 Å². The zero-order valence-electron chi connectivity index (χ0n) is 10.8. The number of pyridine rings is 1. The van der Waals surface area contributed by atoms with E-state index in [2.05, 4.69) is 10.3 Å². The number of nitrogens with one attached hydrogen (secondary N) is 1. The number of hydrogen-bond acceptors (Lipinski definition) is 3. The van der Waals surface area contributed by atoms with Crippen molar-refractivity contribution < 1.29 is 9.59 Å². The third-order valence-corrected chi connectivity index (χ3v) is 3.96. The van der Waals surface area contributed by atoms with Crippen molar-refractivity contribution in [3.8, 4) is 0 Å². The lowest BCUT2D eigenvalue weighted by Gasteiger charge is -2.39. The van der Waals surface area contributed by atoms with Crippen LogP contribution in [0, 0.1) is 0 Å². The second kappa shape index (κ2) is 4.64. The number of aromatic nitrogens is 1. The van der Waals surface area contributed by atoms with Gasteiger partial charge in [0.05, 0.1) is 6.54 Å². The third kappa shape index (κ3) is 2.20. The predicted octanol–water partition coefficient (Wildman–Crippen LogP) is 0.853. The van der Waals surface area contributed by atoms with Gasteiger partial charge >= 0.3 is 0 Å². The molecular formula is C14H17N3O2. The standard InChI is InChI=1S/C14H17N3O2/c18-12-10-17(9-11-4-3-7-15-8-11)13(19)14(16-12)5-1-2-6-14/h3-4,7-8H,1-2,5-6,9-10H2,(H,16,18). The summed E-state index contributed by atoms with van der Waals surface area (Å²) in [6.45, 7) is 0.608. The van der Waals surface area contributed by atoms with Crippen molar-refractivity contribution in [2.75, 3.05) is 6.54 Å². The monoisotopic (exact) mass is 259 g/mol. The summed E-state index contributed by atoms with van der Waals surface area (Å²) in [6, 6.07) is 3.77. The first kappa shape index (κ1) is 12.1. The molecule has 1 spiro atoms. The second-order valence-electron chi connectivity index (χ2n) is 5.36.